The molecule has 1 aliphatic rings. The molecule has 2 aromatic rings. The molecule has 1 aliphatic heterocycles. The molecular formula is C22H23F3N4O3S. The van der Waals surface area contributed by atoms with Gasteiger partial charge in [0.25, 0.3) is 0 Å². The second kappa shape index (κ2) is 9.80. The zero-order valence-electron chi connectivity index (χ0n) is 18.1. The minimum Gasteiger partial charge on any atom is -0.466 e. The summed E-state index contributed by atoms with van der Waals surface area (Å²) in [5.74, 6) is -2.73. The fourth-order valence-electron chi connectivity index (χ4n) is 3.65. The van der Waals surface area contributed by atoms with Crippen molar-refractivity contribution in [3.8, 4) is 6.07 Å². The van der Waals surface area contributed by atoms with Crippen LogP contribution in [0.3, 0.4) is 0 Å². The Hall–Kier alpha value is -3.10. The van der Waals surface area contributed by atoms with E-state index in [1.807, 2.05) is 36.4 Å². The highest BCUT2D eigenvalue weighted by Gasteiger charge is 2.63. The van der Waals surface area contributed by atoms with E-state index in [2.05, 4.69) is 15.0 Å². The average molecular weight is 481 g/mol. The summed E-state index contributed by atoms with van der Waals surface area (Å²) in [7, 11) is 0.800. The number of thiophene rings is 1. The molecule has 1 aromatic carbocycles. The SMILES string of the molecule is CCC(=O)N[C@](Nc1sc2c(c1C#N)CCN(Cc1ccccc1)C2)(C(=O)OC)C(F)(F)F. The number of amides is 1. The van der Waals surface area contributed by atoms with Crippen molar-refractivity contribution < 1.29 is 27.5 Å². The third-order valence-electron chi connectivity index (χ3n) is 5.36. The van der Waals surface area contributed by atoms with Crippen LogP contribution in [0.15, 0.2) is 30.3 Å². The maximum absolute atomic E-state index is 14.2. The lowest BCUT2D eigenvalue weighted by molar-refractivity contribution is -0.206. The normalized spacial score (nSPS) is 15.6. The largest absolute Gasteiger partial charge is 0.466 e. The second-order valence-electron chi connectivity index (χ2n) is 7.53. The smallest absolute Gasteiger partial charge is 0.441 e. The molecule has 2 heterocycles. The molecule has 7 nitrogen and oxygen atoms in total. The summed E-state index contributed by atoms with van der Waals surface area (Å²) in [5.41, 5.74) is -1.73. The summed E-state index contributed by atoms with van der Waals surface area (Å²) < 4.78 is 46.9. The Morgan fingerprint density at radius 2 is 1.97 bits per heavy atom. The van der Waals surface area contributed by atoms with E-state index >= 15 is 0 Å². The quantitative estimate of drug-likeness (QED) is 0.465. The number of nitriles is 1. The number of anilines is 1. The van der Waals surface area contributed by atoms with E-state index in [-0.39, 0.29) is 17.0 Å². The van der Waals surface area contributed by atoms with Crippen molar-refractivity contribution in [3.63, 3.8) is 0 Å². The van der Waals surface area contributed by atoms with Crippen LogP contribution in [0.2, 0.25) is 0 Å². The van der Waals surface area contributed by atoms with Crippen molar-refractivity contribution in [1.82, 2.24) is 10.2 Å². The number of methoxy groups -OCH3 is 1. The van der Waals surface area contributed by atoms with E-state index in [9.17, 15) is 28.0 Å². The molecule has 0 spiro atoms. The molecule has 0 unspecified atom stereocenters. The number of nitrogens with one attached hydrogen (secondary N) is 2. The number of esters is 1. The van der Waals surface area contributed by atoms with Gasteiger partial charge in [0, 0.05) is 30.9 Å². The van der Waals surface area contributed by atoms with E-state index in [1.165, 1.54) is 6.92 Å². The zero-order chi connectivity index (χ0) is 24.2. The Bertz CT molecular complexity index is 1070. The van der Waals surface area contributed by atoms with Crippen LogP contribution in [-0.2, 0) is 33.8 Å². The molecule has 0 fully saturated rings. The molecule has 1 amide bonds. The van der Waals surface area contributed by atoms with Crippen molar-refractivity contribution in [2.75, 3.05) is 19.0 Å². The van der Waals surface area contributed by atoms with Gasteiger partial charge < -0.3 is 15.4 Å². The molecular weight excluding hydrogens is 457 g/mol. The fraction of sp³-hybridized carbons (Fsp3) is 0.409. The Morgan fingerprint density at radius 3 is 2.55 bits per heavy atom. The predicted molar refractivity (Wildman–Crippen MR) is 116 cm³/mol. The van der Waals surface area contributed by atoms with Gasteiger partial charge in [-0.2, -0.15) is 18.4 Å². The first-order chi connectivity index (χ1) is 15.6. The molecule has 0 saturated carbocycles. The van der Waals surface area contributed by atoms with E-state index in [1.54, 1.807) is 5.32 Å². The Labute approximate surface area is 193 Å². The average Bonchev–Trinajstić information content (AvgIpc) is 3.13. The van der Waals surface area contributed by atoms with Gasteiger partial charge in [0.05, 0.1) is 12.7 Å². The molecule has 0 radical (unpaired) electrons. The van der Waals surface area contributed by atoms with Crippen LogP contribution in [0.25, 0.3) is 0 Å². The summed E-state index contributed by atoms with van der Waals surface area (Å²) >= 11 is 0.972. The van der Waals surface area contributed by atoms with Crippen molar-refractivity contribution in [2.24, 2.45) is 0 Å². The minimum absolute atomic E-state index is 0.0395. The third-order valence-corrected chi connectivity index (χ3v) is 6.49. The van der Waals surface area contributed by atoms with Crippen LogP contribution in [0.1, 0.15) is 34.9 Å². The highest BCUT2D eigenvalue weighted by molar-refractivity contribution is 7.16. The predicted octanol–water partition coefficient (Wildman–Crippen LogP) is 3.55. The summed E-state index contributed by atoms with van der Waals surface area (Å²) in [5, 5.41) is 13.4. The van der Waals surface area contributed by atoms with Crippen molar-refractivity contribution in [1.29, 1.82) is 5.26 Å². The van der Waals surface area contributed by atoms with Gasteiger partial charge in [-0.25, -0.2) is 4.79 Å². The number of carbonyl (C=O) groups is 2. The van der Waals surface area contributed by atoms with Gasteiger partial charge in [-0.3, -0.25) is 9.69 Å². The van der Waals surface area contributed by atoms with Gasteiger partial charge in [-0.15, -0.1) is 11.3 Å². The second-order valence-corrected chi connectivity index (χ2v) is 8.64. The van der Waals surface area contributed by atoms with E-state index < -0.39 is 23.7 Å². The van der Waals surface area contributed by atoms with Crippen LogP contribution in [0, 0.1) is 11.3 Å². The van der Waals surface area contributed by atoms with Crippen LogP contribution in [-0.4, -0.2) is 42.3 Å². The number of carbonyl (C=O) groups excluding carboxylic acids is 2. The van der Waals surface area contributed by atoms with Gasteiger partial charge in [-0.05, 0) is 17.5 Å². The summed E-state index contributed by atoms with van der Waals surface area (Å²) in [6.45, 7) is 3.09. The molecule has 0 bridgehead atoms. The molecule has 0 aliphatic carbocycles. The topological polar surface area (TPSA) is 94.5 Å². The standard InChI is InChI=1S/C22H23F3N4O3S/c1-3-18(30)27-21(20(31)32-2,22(23,24)25)28-19-16(11-26)15-9-10-29(13-17(15)33-19)12-14-7-5-4-6-8-14/h4-8,28H,3,9-10,12-13H2,1-2H3,(H,27,30)/t21-/m0/s1. The molecule has 1 aromatic heterocycles. The lowest BCUT2D eigenvalue weighted by Gasteiger charge is -2.34. The number of rotatable bonds is 7. The maximum Gasteiger partial charge on any atom is 0.441 e. The van der Waals surface area contributed by atoms with E-state index in [0.717, 1.165) is 28.9 Å². The number of fused-ring (bicyclic) bond motifs is 1. The fourth-order valence-corrected chi connectivity index (χ4v) is 4.95. The van der Waals surface area contributed by atoms with Crippen molar-refractivity contribution >= 4 is 28.2 Å². The summed E-state index contributed by atoms with van der Waals surface area (Å²) in [6.07, 6.45) is -5.04. The number of benzene rings is 1. The Balaban J connectivity index is 1.96. The highest BCUT2D eigenvalue weighted by atomic mass is 32.1. The lowest BCUT2D eigenvalue weighted by atomic mass is 10.0. The van der Waals surface area contributed by atoms with Crippen LogP contribution < -0.4 is 10.6 Å². The van der Waals surface area contributed by atoms with Gasteiger partial charge in [-0.1, -0.05) is 37.3 Å². The Kier molecular flexibility index (Phi) is 7.29. The number of ether oxygens (including phenoxy) is 1. The van der Waals surface area contributed by atoms with E-state index in [4.69, 9.17) is 0 Å². The molecule has 0 saturated heterocycles. The lowest BCUT2D eigenvalue weighted by Crippen LogP contribution is -2.69. The molecule has 1 atom stereocenters. The van der Waals surface area contributed by atoms with Gasteiger partial charge in [0.15, 0.2) is 0 Å². The molecule has 33 heavy (non-hydrogen) atoms. The van der Waals surface area contributed by atoms with E-state index in [0.29, 0.717) is 31.6 Å². The van der Waals surface area contributed by atoms with Crippen LogP contribution in [0.4, 0.5) is 18.2 Å². The zero-order valence-corrected chi connectivity index (χ0v) is 18.9. The summed E-state index contributed by atoms with van der Waals surface area (Å²) in [6, 6.07) is 11.7. The minimum atomic E-state index is -5.23. The number of nitrogens with zero attached hydrogens (tertiary/aromatic N) is 2. The maximum atomic E-state index is 14.2. The van der Waals surface area contributed by atoms with Gasteiger partial charge in [0.1, 0.15) is 11.1 Å². The molecule has 2 N–H and O–H groups in total. The monoisotopic (exact) mass is 480 g/mol. The molecule has 176 valence electrons. The molecule has 11 heteroatoms. The summed E-state index contributed by atoms with van der Waals surface area (Å²) in [4.78, 5) is 27.1. The van der Waals surface area contributed by atoms with Crippen molar-refractivity contribution in [3.05, 3.63) is 51.9 Å². The van der Waals surface area contributed by atoms with Gasteiger partial charge >= 0.3 is 17.8 Å². The van der Waals surface area contributed by atoms with Crippen LogP contribution in [0.5, 0.6) is 0 Å². The number of halogens is 3. The Morgan fingerprint density at radius 1 is 1.27 bits per heavy atom. The third kappa shape index (κ3) is 4.96. The van der Waals surface area contributed by atoms with Gasteiger partial charge in [0.2, 0.25) is 5.91 Å². The first-order valence-corrected chi connectivity index (χ1v) is 11.0. The number of alkyl halides is 3. The first kappa shape index (κ1) is 24.5. The molecule has 3 rings (SSSR count). The van der Waals surface area contributed by atoms with Crippen LogP contribution >= 0.6 is 11.3 Å². The number of hydrogen-bond donors (Lipinski definition) is 2. The highest BCUT2D eigenvalue weighted by Crippen LogP contribution is 2.41. The van der Waals surface area contributed by atoms with Crippen molar-refractivity contribution in [2.45, 2.75) is 44.7 Å². The first-order valence-electron chi connectivity index (χ1n) is 10.2. The number of hydrogen-bond acceptors (Lipinski definition) is 7.